The number of rotatable bonds is 5. The Morgan fingerprint density at radius 1 is 1.17 bits per heavy atom. The van der Waals surface area contributed by atoms with Crippen LogP contribution >= 0.6 is 11.6 Å². The second-order valence-corrected chi connectivity index (χ2v) is 8.88. The Bertz CT molecular complexity index is 997. The molecule has 1 aliphatic heterocycles. The van der Waals surface area contributed by atoms with E-state index in [0.717, 1.165) is 5.56 Å². The molecule has 1 atom stereocenters. The second kappa shape index (κ2) is 8.00. The van der Waals surface area contributed by atoms with Crippen molar-refractivity contribution in [1.29, 1.82) is 0 Å². The summed E-state index contributed by atoms with van der Waals surface area (Å²) in [6, 6.07) is 9.64. The third-order valence-corrected chi connectivity index (χ3v) is 5.53. The van der Waals surface area contributed by atoms with Crippen molar-refractivity contribution in [1.82, 2.24) is 0 Å². The SMILES string of the molecule is CC(C)(C)C(=O)c1ccc(CC2=CNc3c(Cl)ccc([O])c3C2(C)OC(F)F)cc1. The van der Waals surface area contributed by atoms with E-state index >= 15 is 0 Å². The molecule has 30 heavy (non-hydrogen) atoms. The van der Waals surface area contributed by atoms with Gasteiger partial charge in [0, 0.05) is 17.2 Å². The molecule has 0 aromatic heterocycles. The number of ether oxygens (including phenoxy) is 1. The summed E-state index contributed by atoms with van der Waals surface area (Å²) >= 11 is 6.16. The van der Waals surface area contributed by atoms with E-state index in [1.165, 1.54) is 19.1 Å². The number of fused-ring (bicyclic) bond motifs is 1. The maximum Gasteiger partial charge on any atom is 0.346 e. The van der Waals surface area contributed by atoms with Crippen LogP contribution < -0.4 is 5.32 Å². The van der Waals surface area contributed by atoms with Crippen LogP contribution in [0.1, 0.15) is 49.2 Å². The van der Waals surface area contributed by atoms with E-state index in [0.29, 0.717) is 11.1 Å². The minimum absolute atomic E-state index is 0.0121. The number of hydrogen-bond acceptors (Lipinski definition) is 3. The number of halogens is 3. The van der Waals surface area contributed by atoms with E-state index in [-0.39, 0.29) is 28.5 Å². The van der Waals surface area contributed by atoms with Crippen molar-refractivity contribution >= 4 is 23.1 Å². The minimum Gasteiger partial charge on any atom is -0.360 e. The Morgan fingerprint density at radius 2 is 1.80 bits per heavy atom. The van der Waals surface area contributed by atoms with Gasteiger partial charge >= 0.3 is 6.61 Å². The molecule has 1 unspecified atom stereocenters. The second-order valence-electron chi connectivity index (χ2n) is 8.47. The fourth-order valence-corrected chi connectivity index (χ4v) is 3.80. The van der Waals surface area contributed by atoms with Gasteiger partial charge in [0.05, 0.1) is 16.3 Å². The molecule has 4 nitrogen and oxygen atoms in total. The highest BCUT2D eigenvalue weighted by Gasteiger charge is 2.42. The van der Waals surface area contributed by atoms with Gasteiger partial charge in [-0.15, -0.1) is 0 Å². The van der Waals surface area contributed by atoms with Gasteiger partial charge in [-0.1, -0.05) is 56.6 Å². The fraction of sp³-hybridized carbons (Fsp3) is 0.348. The molecule has 0 amide bonds. The van der Waals surface area contributed by atoms with E-state index in [9.17, 15) is 18.7 Å². The van der Waals surface area contributed by atoms with Gasteiger partial charge in [0.2, 0.25) is 0 Å². The Kier molecular flexibility index (Phi) is 5.94. The number of hydrogen-bond donors (Lipinski definition) is 1. The van der Waals surface area contributed by atoms with Crippen molar-refractivity contribution in [3.8, 4) is 5.75 Å². The van der Waals surface area contributed by atoms with Gasteiger partial charge in [-0.05, 0) is 36.6 Å². The van der Waals surface area contributed by atoms with Crippen molar-refractivity contribution in [2.24, 2.45) is 5.41 Å². The number of ketones is 1. The first-order valence-corrected chi connectivity index (χ1v) is 9.87. The van der Waals surface area contributed by atoms with Crippen LogP contribution in [0.15, 0.2) is 48.2 Å². The lowest BCUT2D eigenvalue weighted by Crippen LogP contribution is -2.35. The monoisotopic (exact) mass is 434 g/mol. The summed E-state index contributed by atoms with van der Waals surface area (Å²) in [5.74, 6) is -0.431. The predicted molar refractivity (Wildman–Crippen MR) is 112 cm³/mol. The molecule has 1 heterocycles. The van der Waals surface area contributed by atoms with Gasteiger partial charge < -0.3 is 10.1 Å². The number of Topliss-reactive ketones (excluding diaryl/α,β-unsaturated/α-hetero) is 1. The average Bonchev–Trinajstić information content (AvgIpc) is 2.65. The lowest BCUT2D eigenvalue weighted by molar-refractivity contribution is -0.194. The molecule has 7 heteroatoms. The fourth-order valence-electron chi connectivity index (χ4n) is 3.59. The molecule has 3 rings (SSSR count). The van der Waals surface area contributed by atoms with Gasteiger partial charge in [-0.25, -0.2) is 0 Å². The molecule has 1 radical (unpaired) electrons. The van der Waals surface area contributed by atoms with Gasteiger partial charge in [0.15, 0.2) is 11.5 Å². The molecule has 0 aliphatic carbocycles. The molecule has 0 bridgehead atoms. The van der Waals surface area contributed by atoms with Crippen molar-refractivity contribution in [2.75, 3.05) is 5.32 Å². The van der Waals surface area contributed by atoms with Gasteiger partial charge in [-0.2, -0.15) is 8.78 Å². The smallest absolute Gasteiger partial charge is 0.346 e. The van der Waals surface area contributed by atoms with E-state index in [1.807, 2.05) is 20.8 Å². The van der Waals surface area contributed by atoms with Crippen LogP contribution in [0.25, 0.3) is 0 Å². The molecular formula is C23H23ClF2NO3. The number of carbonyl (C=O) groups is 1. The molecule has 1 aliphatic rings. The largest absolute Gasteiger partial charge is 0.360 e. The van der Waals surface area contributed by atoms with Gasteiger partial charge in [0.25, 0.3) is 0 Å². The molecule has 1 N–H and O–H groups in total. The maximum atomic E-state index is 13.3. The number of alkyl halides is 2. The zero-order valence-corrected chi connectivity index (χ0v) is 17.9. The van der Waals surface area contributed by atoms with Crippen molar-refractivity contribution in [3.63, 3.8) is 0 Å². The summed E-state index contributed by atoms with van der Waals surface area (Å²) in [6.45, 7) is 3.89. The summed E-state index contributed by atoms with van der Waals surface area (Å²) in [5, 5.41) is 15.7. The lowest BCUT2D eigenvalue weighted by Gasteiger charge is -2.37. The van der Waals surface area contributed by atoms with Crippen LogP contribution in [0, 0.1) is 5.41 Å². The van der Waals surface area contributed by atoms with E-state index < -0.39 is 23.4 Å². The third-order valence-electron chi connectivity index (χ3n) is 5.21. The quantitative estimate of drug-likeness (QED) is 0.531. The highest BCUT2D eigenvalue weighted by Crippen LogP contribution is 2.49. The Morgan fingerprint density at radius 3 is 2.37 bits per heavy atom. The first kappa shape index (κ1) is 22.2. The Hall–Kier alpha value is -2.44. The van der Waals surface area contributed by atoms with E-state index in [2.05, 4.69) is 5.32 Å². The number of anilines is 1. The molecule has 0 saturated carbocycles. The van der Waals surface area contributed by atoms with E-state index in [4.69, 9.17) is 16.3 Å². The molecule has 0 spiro atoms. The van der Waals surface area contributed by atoms with Crippen LogP contribution in [-0.4, -0.2) is 12.4 Å². The van der Waals surface area contributed by atoms with Crippen LogP contribution in [0.5, 0.6) is 5.75 Å². The summed E-state index contributed by atoms with van der Waals surface area (Å²) in [4.78, 5) is 12.4. The van der Waals surface area contributed by atoms with Crippen LogP contribution in [-0.2, 0) is 21.9 Å². The van der Waals surface area contributed by atoms with Crippen LogP contribution in [0.3, 0.4) is 0 Å². The topological polar surface area (TPSA) is 58.2 Å². The predicted octanol–water partition coefficient (Wildman–Crippen LogP) is 6.72. The van der Waals surface area contributed by atoms with Crippen LogP contribution in [0.4, 0.5) is 14.5 Å². The van der Waals surface area contributed by atoms with Crippen molar-refractivity contribution in [2.45, 2.75) is 46.3 Å². The number of carbonyl (C=O) groups excluding carboxylic acids is 1. The average molecular weight is 435 g/mol. The standard InChI is InChI=1S/C23H23ClF2NO3/c1-22(2,3)20(29)14-7-5-13(6-8-14)11-15-12-27-19-16(24)9-10-17(28)18(19)23(15,4)30-21(25)26/h5-10,12,21,27H,11H2,1-4H3. The minimum atomic E-state index is -3.09. The summed E-state index contributed by atoms with van der Waals surface area (Å²) in [7, 11) is 0. The first-order chi connectivity index (χ1) is 13.9. The van der Waals surface area contributed by atoms with Crippen LogP contribution in [0.2, 0.25) is 5.02 Å². The van der Waals surface area contributed by atoms with Crippen molar-refractivity contribution in [3.05, 3.63) is 69.9 Å². The summed E-state index contributed by atoms with van der Waals surface area (Å²) < 4.78 is 31.6. The van der Waals surface area contributed by atoms with Crippen molar-refractivity contribution < 1.29 is 23.4 Å². The molecule has 0 saturated heterocycles. The van der Waals surface area contributed by atoms with Gasteiger partial charge in [0.1, 0.15) is 5.60 Å². The molecule has 159 valence electrons. The molecule has 0 fully saturated rings. The van der Waals surface area contributed by atoms with Gasteiger partial charge in [-0.3, -0.25) is 9.90 Å². The molecular weight excluding hydrogens is 412 g/mol. The summed E-state index contributed by atoms with van der Waals surface area (Å²) in [6.07, 6.45) is 1.79. The van der Waals surface area contributed by atoms with E-state index in [1.54, 1.807) is 30.5 Å². The highest BCUT2D eigenvalue weighted by molar-refractivity contribution is 6.33. The number of benzene rings is 2. The zero-order chi connectivity index (χ0) is 22.3. The first-order valence-electron chi connectivity index (χ1n) is 9.49. The number of nitrogens with one attached hydrogen (secondary N) is 1. The molecule has 2 aromatic rings. The maximum absolute atomic E-state index is 13.3. The highest BCUT2D eigenvalue weighted by atomic mass is 35.5. The lowest BCUT2D eigenvalue weighted by atomic mass is 9.80. The summed E-state index contributed by atoms with van der Waals surface area (Å²) in [5.41, 5.74) is -0.0345. The molecule has 2 aromatic carbocycles. The zero-order valence-electron chi connectivity index (χ0n) is 17.2. The third kappa shape index (κ3) is 4.20. The normalized spacial score (nSPS) is 18.6. The Balaban J connectivity index is 1.96. The Labute approximate surface area is 179 Å².